The van der Waals surface area contributed by atoms with Gasteiger partial charge in [-0.15, -0.1) is 0 Å². The molecule has 0 aliphatic carbocycles. The van der Waals surface area contributed by atoms with E-state index in [1.165, 1.54) is 43.5 Å². The Morgan fingerprint density at radius 3 is 2.48 bits per heavy atom. The lowest BCUT2D eigenvalue weighted by molar-refractivity contribution is 0.0640. The van der Waals surface area contributed by atoms with E-state index in [2.05, 4.69) is 4.74 Å². The average molecular weight is 345 g/mol. The van der Waals surface area contributed by atoms with Crippen LogP contribution in [-0.4, -0.2) is 24.3 Å². The number of aromatic hydroxyl groups is 1. The maximum atomic E-state index is 13.2. The number of furan rings is 1. The number of primary amides is 1. The number of hydrogen-bond donors (Lipinski definition) is 2. The van der Waals surface area contributed by atoms with Gasteiger partial charge < -0.3 is 24.7 Å². The molecule has 0 radical (unpaired) electrons. The Morgan fingerprint density at radius 2 is 1.88 bits per heavy atom. The summed E-state index contributed by atoms with van der Waals surface area (Å²) in [5.41, 5.74) is 5.34. The monoisotopic (exact) mass is 345 g/mol. The van der Waals surface area contributed by atoms with Crippen molar-refractivity contribution in [1.29, 1.82) is 0 Å². The number of phenolic OH excluding ortho intramolecular Hbond substituents is 1. The summed E-state index contributed by atoms with van der Waals surface area (Å²) in [5, 5.41) is 10.1. The van der Waals surface area contributed by atoms with Gasteiger partial charge in [0, 0.05) is 17.0 Å². The van der Waals surface area contributed by atoms with Gasteiger partial charge in [-0.25, -0.2) is 14.0 Å². The predicted molar refractivity (Wildman–Crippen MR) is 84.8 cm³/mol. The molecule has 0 spiro atoms. The summed E-state index contributed by atoms with van der Waals surface area (Å²) in [6.07, 6.45) is -1.29. The molecule has 2 aromatic carbocycles. The van der Waals surface area contributed by atoms with Crippen molar-refractivity contribution in [3.8, 4) is 22.8 Å². The second-order valence-electron chi connectivity index (χ2n) is 5.04. The molecule has 0 atom stereocenters. The van der Waals surface area contributed by atoms with Crippen LogP contribution in [-0.2, 0) is 4.74 Å². The fraction of sp³-hybridized carbons (Fsp3) is 0.0588. The molecule has 8 heteroatoms. The number of hydrogen-bond acceptors (Lipinski definition) is 6. The van der Waals surface area contributed by atoms with E-state index in [-0.39, 0.29) is 33.8 Å². The van der Waals surface area contributed by atoms with Crippen LogP contribution in [0.1, 0.15) is 10.4 Å². The Morgan fingerprint density at radius 1 is 1.20 bits per heavy atom. The molecular formula is C17H12FNO6. The van der Waals surface area contributed by atoms with Gasteiger partial charge in [0.1, 0.15) is 22.7 Å². The van der Waals surface area contributed by atoms with Crippen LogP contribution in [0.4, 0.5) is 9.18 Å². The predicted octanol–water partition coefficient (Wildman–Crippen LogP) is 3.19. The van der Waals surface area contributed by atoms with E-state index in [1.807, 2.05) is 0 Å². The highest BCUT2D eigenvalue weighted by atomic mass is 19.1. The van der Waals surface area contributed by atoms with Crippen molar-refractivity contribution in [2.45, 2.75) is 0 Å². The maximum Gasteiger partial charge on any atom is 0.412 e. The number of phenols is 1. The molecule has 0 bridgehead atoms. The summed E-state index contributed by atoms with van der Waals surface area (Å²) >= 11 is 0. The second kappa shape index (κ2) is 6.16. The third-order valence-electron chi connectivity index (χ3n) is 3.49. The topological polar surface area (TPSA) is 112 Å². The Kier molecular flexibility index (Phi) is 4.02. The zero-order valence-electron chi connectivity index (χ0n) is 12.9. The number of esters is 1. The fourth-order valence-corrected chi connectivity index (χ4v) is 2.43. The van der Waals surface area contributed by atoms with Gasteiger partial charge in [-0.2, -0.15) is 0 Å². The molecule has 0 saturated heterocycles. The van der Waals surface area contributed by atoms with Crippen LogP contribution in [0.5, 0.6) is 11.5 Å². The number of methoxy groups -OCH3 is 1. The van der Waals surface area contributed by atoms with Crippen LogP contribution in [0.25, 0.3) is 22.3 Å². The normalized spacial score (nSPS) is 10.6. The first-order chi connectivity index (χ1) is 11.9. The van der Waals surface area contributed by atoms with Crippen molar-refractivity contribution in [2.24, 2.45) is 5.73 Å². The number of rotatable bonds is 3. The summed E-state index contributed by atoms with van der Waals surface area (Å²) in [7, 11) is 1.35. The number of carbonyl (C=O) groups is 2. The summed E-state index contributed by atoms with van der Waals surface area (Å²) in [5.74, 6) is -1.61. The molecule has 0 saturated carbocycles. The van der Waals surface area contributed by atoms with Gasteiger partial charge in [0.2, 0.25) is 0 Å². The van der Waals surface area contributed by atoms with E-state index in [1.54, 1.807) is 0 Å². The summed E-state index contributed by atoms with van der Waals surface area (Å²) in [6, 6.07) is 7.77. The van der Waals surface area contributed by atoms with Gasteiger partial charge in [0.15, 0.2) is 11.5 Å². The van der Waals surface area contributed by atoms with Gasteiger partial charge in [-0.3, -0.25) is 0 Å². The molecule has 1 aromatic heterocycles. The van der Waals surface area contributed by atoms with Crippen LogP contribution in [0.2, 0.25) is 0 Å². The molecule has 3 aromatic rings. The van der Waals surface area contributed by atoms with E-state index in [0.29, 0.717) is 5.56 Å². The van der Waals surface area contributed by atoms with Crippen LogP contribution in [0.3, 0.4) is 0 Å². The molecule has 0 fully saturated rings. The maximum absolute atomic E-state index is 13.2. The molecule has 3 N–H and O–H groups in total. The minimum Gasteiger partial charge on any atom is -0.504 e. The Bertz CT molecular complexity index is 977. The second-order valence-corrected chi connectivity index (χ2v) is 5.04. The lowest BCUT2D eigenvalue weighted by atomic mass is 10.1. The van der Waals surface area contributed by atoms with Gasteiger partial charge in [0.05, 0.1) is 7.11 Å². The quantitative estimate of drug-likeness (QED) is 0.557. The Labute approximate surface area is 140 Å². The first kappa shape index (κ1) is 16.3. The summed E-state index contributed by atoms with van der Waals surface area (Å²) < 4.78 is 28.3. The smallest absolute Gasteiger partial charge is 0.412 e. The largest absolute Gasteiger partial charge is 0.504 e. The molecule has 25 heavy (non-hydrogen) atoms. The zero-order chi connectivity index (χ0) is 18.1. The van der Waals surface area contributed by atoms with Crippen molar-refractivity contribution in [2.75, 3.05) is 7.11 Å². The average Bonchev–Trinajstić information content (AvgIpc) is 2.92. The van der Waals surface area contributed by atoms with Crippen LogP contribution in [0.15, 0.2) is 40.8 Å². The van der Waals surface area contributed by atoms with Crippen LogP contribution < -0.4 is 10.5 Å². The van der Waals surface area contributed by atoms with Gasteiger partial charge >= 0.3 is 12.1 Å². The van der Waals surface area contributed by atoms with Gasteiger partial charge in [0.25, 0.3) is 0 Å². The van der Waals surface area contributed by atoms with E-state index in [9.17, 15) is 19.1 Å². The van der Waals surface area contributed by atoms with Crippen LogP contribution in [0, 0.1) is 5.82 Å². The van der Waals surface area contributed by atoms with E-state index < -0.39 is 17.9 Å². The minimum absolute atomic E-state index is 0.0360. The van der Waals surface area contributed by atoms with Crippen LogP contribution >= 0.6 is 0 Å². The zero-order valence-corrected chi connectivity index (χ0v) is 12.9. The van der Waals surface area contributed by atoms with Gasteiger partial charge in [-0.1, -0.05) is 0 Å². The van der Waals surface area contributed by atoms with Crippen molar-refractivity contribution < 1.29 is 33.0 Å². The highest BCUT2D eigenvalue weighted by molar-refractivity contribution is 6.11. The molecule has 0 unspecified atom stereocenters. The molecule has 7 nitrogen and oxygen atoms in total. The number of halogens is 1. The van der Waals surface area contributed by atoms with Crippen molar-refractivity contribution in [3.05, 3.63) is 47.8 Å². The standard InChI is InChI=1S/C17H12FNO6/c1-23-13-7-12-10(6-11(13)20)14(16(21)25-17(19)22)15(24-12)8-2-4-9(18)5-3-8/h2-7,20H,1H3,(H2,19,22). The summed E-state index contributed by atoms with van der Waals surface area (Å²) in [4.78, 5) is 23.2. The van der Waals surface area contributed by atoms with Crippen molar-refractivity contribution in [3.63, 3.8) is 0 Å². The number of benzene rings is 2. The number of carbonyl (C=O) groups excluding carboxylic acids is 2. The van der Waals surface area contributed by atoms with E-state index in [4.69, 9.17) is 14.9 Å². The number of fused-ring (bicyclic) bond motifs is 1. The molecule has 128 valence electrons. The van der Waals surface area contributed by atoms with E-state index >= 15 is 0 Å². The lowest BCUT2D eigenvalue weighted by Gasteiger charge is -2.03. The molecule has 0 aliphatic heterocycles. The molecule has 1 heterocycles. The minimum atomic E-state index is -1.29. The molecular weight excluding hydrogens is 333 g/mol. The highest BCUT2D eigenvalue weighted by Crippen LogP contribution is 2.39. The number of amides is 1. The first-order valence-corrected chi connectivity index (χ1v) is 7.01. The third-order valence-corrected chi connectivity index (χ3v) is 3.49. The molecule has 0 aliphatic rings. The summed E-state index contributed by atoms with van der Waals surface area (Å²) in [6.45, 7) is 0. The first-order valence-electron chi connectivity index (χ1n) is 7.01. The Balaban J connectivity index is 2.28. The van der Waals surface area contributed by atoms with E-state index in [0.717, 1.165) is 0 Å². The highest BCUT2D eigenvalue weighted by Gasteiger charge is 2.26. The lowest BCUT2D eigenvalue weighted by Crippen LogP contribution is -2.18. The van der Waals surface area contributed by atoms with Gasteiger partial charge in [-0.05, 0) is 30.3 Å². The Hall–Kier alpha value is -3.55. The number of nitrogens with two attached hydrogens (primary N) is 1. The fourth-order valence-electron chi connectivity index (χ4n) is 2.43. The van der Waals surface area contributed by atoms with Crippen molar-refractivity contribution >= 4 is 23.0 Å². The van der Waals surface area contributed by atoms with Crippen molar-refractivity contribution in [1.82, 2.24) is 0 Å². The third kappa shape index (κ3) is 2.97. The molecule has 1 amide bonds. The number of ether oxygens (including phenoxy) is 2. The molecule has 3 rings (SSSR count). The SMILES string of the molecule is COc1cc2oc(-c3ccc(F)cc3)c(C(=O)OC(N)=O)c2cc1O.